The minimum absolute atomic E-state index is 1.10. The molecular weight excluding hydrogens is 148 g/mol. The number of nitrogens with zero attached hydrogens (tertiary/aromatic N) is 2. The van der Waals surface area contributed by atoms with Crippen LogP contribution >= 0.6 is 0 Å². The summed E-state index contributed by atoms with van der Waals surface area (Å²) in [5.74, 6) is 0. The molecule has 0 unspecified atom stereocenters. The van der Waals surface area contributed by atoms with Crippen LogP contribution in [0.2, 0.25) is 0 Å². The van der Waals surface area contributed by atoms with Crippen molar-refractivity contribution in [3.05, 3.63) is 29.7 Å². The van der Waals surface area contributed by atoms with Crippen molar-refractivity contribution in [1.29, 1.82) is 0 Å². The van der Waals surface area contributed by atoms with Gasteiger partial charge >= 0.3 is 0 Å². The van der Waals surface area contributed by atoms with Crippen molar-refractivity contribution < 1.29 is 0 Å². The molecule has 0 fully saturated rings. The van der Waals surface area contributed by atoms with E-state index < -0.39 is 0 Å². The normalized spacial score (nSPS) is 10.9. The van der Waals surface area contributed by atoms with E-state index >= 15 is 0 Å². The molecule has 0 aliphatic heterocycles. The molecule has 0 aliphatic rings. The number of rotatable bonds is 0. The third-order valence-corrected chi connectivity index (χ3v) is 2.29. The summed E-state index contributed by atoms with van der Waals surface area (Å²) in [5, 5.41) is 1.31. The predicted molar refractivity (Wildman–Crippen MR) is 50.2 cm³/mol. The van der Waals surface area contributed by atoms with Crippen LogP contribution in [0.1, 0.15) is 11.3 Å². The number of hydrogen-bond acceptors (Lipinski definition) is 1. The Bertz CT molecular complexity index is 427. The fourth-order valence-corrected chi connectivity index (χ4v) is 1.62. The molecule has 0 spiro atoms. The molecule has 0 aromatic carbocycles. The highest BCUT2D eigenvalue weighted by atomic mass is 14.9. The smallest absolute Gasteiger partial charge is 0.0696 e. The second-order valence-corrected chi connectivity index (χ2v) is 3.22. The molecule has 2 rings (SSSR count). The minimum atomic E-state index is 1.10. The topological polar surface area (TPSA) is 17.8 Å². The van der Waals surface area contributed by atoms with E-state index in [-0.39, 0.29) is 0 Å². The van der Waals surface area contributed by atoms with Crippen LogP contribution in [-0.4, -0.2) is 9.55 Å². The molecule has 2 nitrogen and oxygen atoms in total. The van der Waals surface area contributed by atoms with Gasteiger partial charge in [0, 0.05) is 24.8 Å². The Morgan fingerprint density at radius 1 is 1.33 bits per heavy atom. The summed E-state index contributed by atoms with van der Waals surface area (Å²) in [7, 11) is 2.05. The molecule has 62 valence electrons. The summed E-state index contributed by atoms with van der Waals surface area (Å²) >= 11 is 0. The molecule has 0 radical (unpaired) electrons. The first-order chi connectivity index (χ1) is 5.70. The number of aryl methyl sites for hydroxylation is 3. The van der Waals surface area contributed by atoms with Gasteiger partial charge in [0.25, 0.3) is 0 Å². The Hall–Kier alpha value is -1.31. The third kappa shape index (κ3) is 0.843. The zero-order valence-corrected chi connectivity index (χ0v) is 7.63. The van der Waals surface area contributed by atoms with Crippen LogP contribution < -0.4 is 0 Å². The maximum atomic E-state index is 4.32. The van der Waals surface area contributed by atoms with Crippen LogP contribution in [0.4, 0.5) is 0 Å². The van der Waals surface area contributed by atoms with Gasteiger partial charge in [-0.15, -0.1) is 0 Å². The summed E-state index contributed by atoms with van der Waals surface area (Å²) in [6.07, 6.45) is 4.00. The average molecular weight is 160 g/mol. The van der Waals surface area contributed by atoms with Gasteiger partial charge in [0.1, 0.15) is 0 Å². The van der Waals surface area contributed by atoms with Gasteiger partial charge < -0.3 is 4.57 Å². The van der Waals surface area contributed by atoms with Crippen molar-refractivity contribution >= 4 is 10.9 Å². The van der Waals surface area contributed by atoms with E-state index in [9.17, 15) is 0 Å². The van der Waals surface area contributed by atoms with Gasteiger partial charge in [0.2, 0.25) is 0 Å². The molecule has 12 heavy (non-hydrogen) atoms. The van der Waals surface area contributed by atoms with Crippen LogP contribution in [-0.2, 0) is 7.05 Å². The standard InChI is InChI=1S/C10H12N2/c1-7-6-11-8(2)10-9(7)4-5-12(10)3/h4-6H,1-3H3. The lowest BCUT2D eigenvalue weighted by Crippen LogP contribution is -1.91. The zero-order chi connectivity index (χ0) is 8.72. The molecule has 0 amide bonds. The molecule has 0 saturated heterocycles. The van der Waals surface area contributed by atoms with E-state index in [0.717, 1.165) is 5.69 Å². The van der Waals surface area contributed by atoms with E-state index in [4.69, 9.17) is 0 Å². The largest absolute Gasteiger partial charge is 0.349 e. The van der Waals surface area contributed by atoms with Crippen LogP contribution in [0, 0.1) is 13.8 Å². The summed E-state index contributed by atoms with van der Waals surface area (Å²) in [6, 6.07) is 2.14. The Labute approximate surface area is 71.8 Å². The van der Waals surface area contributed by atoms with Crippen LogP contribution in [0.15, 0.2) is 18.5 Å². The second kappa shape index (κ2) is 2.34. The van der Waals surface area contributed by atoms with Gasteiger partial charge in [-0.1, -0.05) is 0 Å². The molecule has 0 atom stereocenters. The van der Waals surface area contributed by atoms with Crippen molar-refractivity contribution in [1.82, 2.24) is 9.55 Å². The predicted octanol–water partition coefficient (Wildman–Crippen LogP) is 2.19. The van der Waals surface area contributed by atoms with E-state index in [1.165, 1.54) is 16.5 Å². The van der Waals surface area contributed by atoms with E-state index in [0.29, 0.717) is 0 Å². The van der Waals surface area contributed by atoms with Gasteiger partial charge in [-0.2, -0.15) is 0 Å². The summed E-state index contributed by atoms with van der Waals surface area (Å²) in [4.78, 5) is 4.32. The average Bonchev–Trinajstić information content (AvgIpc) is 2.42. The molecule has 0 saturated carbocycles. The minimum Gasteiger partial charge on any atom is -0.349 e. The van der Waals surface area contributed by atoms with E-state index in [1.807, 2.05) is 13.1 Å². The molecule has 0 bridgehead atoms. The Balaban J connectivity index is 2.98. The molecule has 2 heteroatoms. The SMILES string of the molecule is Cc1cnc(C)c2c1ccn2C. The van der Waals surface area contributed by atoms with Crippen molar-refractivity contribution in [2.45, 2.75) is 13.8 Å². The first-order valence-corrected chi connectivity index (χ1v) is 4.07. The summed E-state index contributed by atoms with van der Waals surface area (Å²) in [6.45, 7) is 4.14. The Kier molecular flexibility index (Phi) is 1.43. The molecule has 0 N–H and O–H groups in total. The highest BCUT2D eigenvalue weighted by molar-refractivity contribution is 5.84. The maximum absolute atomic E-state index is 4.32. The maximum Gasteiger partial charge on any atom is 0.0696 e. The number of aromatic nitrogens is 2. The van der Waals surface area contributed by atoms with E-state index in [2.05, 4.69) is 35.8 Å². The molecule has 2 aromatic heterocycles. The fraction of sp³-hybridized carbons (Fsp3) is 0.300. The fourth-order valence-electron chi connectivity index (χ4n) is 1.62. The van der Waals surface area contributed by atoms with Crippen molar-refractivity contribution in [3.63, 3.8) is 0 Å². The Morgan fingerprint density at radius 2 is 2.08 bits per heavy atom. The quantitative estimate of drug-likeness (QED) is 0.577. The van der Waals surface area contributed by atoms with Gasteiger partial charge in [-0.05, 0) is 25.5 Å². The summed E-state index contributed by atoms with van der Waals surface area (Å²) in [5.41, 5.74) is 3.59. The van der Waals surface area contributed by atoms with Gasteiger partial charge in [-0.25, -0.2) is 0 Å². The highest BCUT2D eigenvalue weighted by Crippen LogP contribution is 2.20. The van der Waals surface area contributed by atoms with Gasteiger partial charge in [0.15, 0.2) is 0 Å². The van der Waals surface area contributed by atoms with Crippen LogP contribution in [0.3, 0.4) is 0 Å². The monoisotopic (exact) mass is 160 g/mol. The van der Waals surface area contributed by atoms with Crippen LogP contribution in [0.5, 0.6) is 0 Å². The summed E-state index contributed by atoms with van der Waals surface area (Å²) < 4.78 is 2.12. The van der Waals surface area contributed by atoms with Gasteiger partial charge in [0.05, 0.1) is 11.2 Å². The number of pyridine rings is 1. The van der Waals surface area contributed by atoms with Crippen molar-refractivity contribution in [2.75, 3.05) is 0 Å². The van der Waals surface area contributed by atoms with Crippen molar-refractivity contribution in [2.24, 2.45) is 7.05 Å². The van der Waals surface area contributed by atoms with Crippen LogP contribution in [0.25, 0.3) is 10.9 Å². The first kappa shape index (κ1) is 7.35. The van der Waals surface area contributed by atoms with E-state index in [1.54, 1.807) is 0 Å². The zero-order valence-electron chi connectivity index (χ0n) is 7.63. The molecule has 2 heterocycles. The van der Waals surface area contributed by atoms with Gasteiger partial charge in [-0.3, -0.25) is 4.98 Å². The first-order valence-electron chi connectivity index (χ1n) is 4.07. The lowest BCUT2D eigenvalue weighted by Gasteiger charge is -2.01. The Morgan fingerprint density at radius 3 is 2.75 bits per heavy atom. The molecule has 2 aromatic rings. The second-order valence-electron chi connectivity index (χ2n) is 3.22. The molecule has 0 aliphatic carbocycles. The molecular formula is C10H12N2. The lowest BCUT2D eigenvalue weighted by atomic mass is 10.2. The van der Waals surface area contributed by atoms with Crippen molar-refractivity contribution in [3.8, 4) is 0 Å². The number of hydrogen-bond donors (Lipinski definition) is 0. The highest BCUT2D eigenvalue weighted by Gasteiger charge is 2.03. The lowest BCUT2D eigenvalue weighted by molar-refractivity contribution is 0.955. The number of fused-ring (bicyclic) bond motifs is 1. The third-order valence-electron chi connectivity index (χ3n) is 2.29.